The second-order valence-electron chi connectivity index (χ2n) is 6.30. The summed E-state index contributed by atoms with van der Waals surface area (Å²) in [4.78, 5) is 27.8. The highest BCUT2D eigenvalue weighted by Gasteiger charge is 2.28. The van der Waals surface area contributed by atoms with E-state index >= 15 is 0 Å². The predicted octanol–water partition coefficient (Wildman–Crippen LogP) is 2.13. The SMILES string of the molecule is CCCc1nnsc1C(=O)N1CCC(n2nnc3ccsc3c2=O)CC1. The molecule has 4 heterocycles. The second-order valence-corrected chi connectivity index (χ2v) is 7.97. The fourth-order valence-electron chi connectivity index (χ4n) is 3.25. The molecule has 1 saturated heterocycles. The van der Waals surface area contributed by atoms with Crippen molar-refractivity contribution in [3.05, 3.63) is 32.4 Å². The molecule has 0 spiro atoms. The third-order valence-electron chi connectivity index (χ3n) is 4.63. The number of piperidine rings is 1. The second kappa shape index (κ2) is 7.20. The average molecular weight is 390 g/mol. The van der Waals surface area contributed by atoms with Crippen LogP contribution in [0, 0.1) is 0 Å². The molecule has 0 aromatic carbocycles. The van der Waals surface area contributed by atoms with E-state index in [1.165, 1.54) is 16.0 Å². The Morgan fingerprint density at radius 2 is 2.12 bits per heavy atom. The van der Waals surface area contributed by atoms with Gasteiger partial charge < -0.3 is 4.90 Å². The number of aryl methyl sites for hydroxylation is 1. The van der Waals surface area contributed by atoms with Crippen molar-refractivity contribution in [2.75, 3.05) is 13.1 Å². The van der Waals surface area contributed by atoms with Crippen molar-refractivity contribution in [3.63, 3.8) is 0 Å². The Balaban J connectivity index is 1.48. The Labute approximate surface area is 157 Å². The molecule has 26 heavy (non-hydrogen) atoms. The molecule has 1 fully saturated rings. The molecular formula is C16H18N6O2S2. The zero-order chi connectivity index (χ0) is 18.1. The Morgan fingerprint density at radius 3 is 2.88 bits per heavy atom. The number of hydrogen-bond donors (Lipinski definition) is 0. The molecule has 136 valence electrons. The lowest BCUT2D eigenvalue weighted by molar-refractivity contribution is 0.0690. The van der Waals surface area contributed by atoms with E-state index < -0.39 is 0 Å². The van der Waals surface area contributed by atoms with Gasteiger partial charge in [-0.2, -0.15) is 0 Å². The maximum atomic E-state index is 12.8. The highest BCUT2D eigenvalue weighted by atomic mass is 32.1. The van der Waals surface area contributed by atoms with Crippen LogP contribution in [0.5, 0.6) is 0 Å². The molecule has 0 atom stereocenters. The summed E-state index contributed by atoms with van der Waals surface area (Å²) in [5.74, 6) is -0.00552. The van der Waals surface area contributed by atoms with E-state index in [9.17, 15) is 9.59 Å². The lowest BCUT2D eigenvalue weighted by Crippen LogP contribution is -2.41. The number of rotatable bonds is 4. The minimum Gasteiger partial charge on any atom is -0.338 e. The zero-order valence-corrected chi connectivity index (χ0v) is 15.9. The summed E-state index contributed by atoms with van der Waals surface area (Å²) in [6.07, 6.45) is 3.07. The van der Waals surface area contributed by atoms with Crippen LogP contribution >= 0.6 is 22.9 Å². The Bertz CT molecular complexity index is 986. The lowest BCUT2D eigenvalue weighted by Gasteiger charge is -2.31. The number of nitrogens with zero attached hydrogens (tertiary/aromatic N) is 6. The summed E-state index contributed by atoms with van der Waals surface area (Å²) in [6, 6.07) is 1.78. The van der Waals surface area contributed by atoms with Crippen LogP contribution in [0.15, 0.2) is 16.2 Å². The Hall–Kier alpha value is -2.20. The maximum absolute atomic E-state index is 12.8. The lowest BCUT2D eigenvalue weighted by atomic mass is 10.0. The normalized spacial score (nSPS) is 15.7. The van der Waals surface area contributed by atoms with E-state index in [1.807, 2.05) is 10.3 Å². The first-order valence-corrected chi connectivity index (χ1v) is 10.3. The van der Waals surface area contributed by atoms with Gasteiger partial charge in [0.25, 0.3) is 11.5 Å². The van der Waals surface area contributed by atoms with Crippen molar-refractivity contribution in [2.45, 2.75) is 38.6 Å². The number of aromatic nitrogens is 5. The van der Waals surface area contributed by atoms with Gasteiger partial charge in [0, 0.05) is 13.1 Å². The van der Waals surface area contributed by atoms with E-state index in [-0.39, 0.29) is 17.5 Å². The van der Waals surface area contributed by atoms with Crippen LogP contribution in [0.25, 0.3) is 10.2 Å². The number of hydrogen-bond acceptors (Lipinski definition) is 8. The van der Waals surface area contributed by atoms with Gasteiger partial charge in [0.1, 0.15) is 15.1 Å². The van der Waals surface area contributed by atoms with Crippen molar-refractivity contribution in [3.8, 4) is 0 Å². The summed E-state index contributed by atoms with van der Waals surface area (Å²) >= 11 is 2.55. The number of carbonyl (C=O) groups is 1. The summed E-state index contributed by atoms with van der Waals surface area (Å²) in [6.45, 7) is 3.23. The molecule has 1 aliphatic heterocycles. The fraction of sp³-hybridized carbons (Fsp3) is 0.500. The molecule has 0 saturated carbocycles. The summed E-state index contributed by atoms with van der Waals surface area (Å²) in [5.41, 5.74) is 1.34. The number of thiophene rings is 1. The highest BCUT2D eigenvalue weighted by molar-refractivity contribution is 7.17. The van der Waals surface area contributed by atoms with Crippen LogP contribution in [-0.2, 0) is 6.42 Å². The van der Waals surface area contributed by atoms with E-state index in [4.69, 9.17) is 0 Å². The Morgan fingerprint density at radius 1 is 1.31 bits per heavy atom. The molecular weight excluding hydrogens is 372 g/mol. The van der Waals surface area contributed by atoms with E-state index in [0.29, 0.717) is 41.0 Å². The number of likely N-dealkylation sites (tertiary alicyclic amines) is 1. The molecule has 1 amide bonds. The molecule has 0 unspecified atom stereocenters. The number of fused-ring (bicyclic) bond motifs is 1. The largest absolute Gasteiger partial charge is 0.338 e. The van der Waals surface area contributed by atoms with Crippen LogP contribution in [0.1, 0.15) is 47.6 Å². The minimum absolute atomic E-state index is 0.00552. The van der Waals surface area contributed by atoms with Crippen molar-refractivity contribution >= 4 is 39.0 Å². The molecule has 0 N–H and O–H groups in total. The molecule has 0 bridgehead atoms. The van der Waals surface area contributed by atoms with Crippen LogP contribution in [0.4, 0.5) is 0 Å². The Kier molecular flexibility index (Phi) is 4.77. The number of carbonyl (C=O) groups excluding carboxylic acids is 1. The topological polar surface area (TPSA) is 93.9 Å². The molecule has 4 rings (SSSR count). The van der Waals surface area contributed by atoms with Gasteiger partial charge in [0.05, 0.1) is 11.7 Å². The quantitative estimate of drug-likeness (QED) is 0.677. The fourth-order valence-corrected chi connectivity index (χ4v) is 4.68. The molecule has 3 aromatic heterocycles. The molecule has 10 heteroatoms. The van der Waals surface area contributed by atoms with Gasteiger partial charge in [-0.05, 0) is 42.2 Å². The van der Waals surface area contributed by atoms with E-state index in [1.54, 1.807) is 6.07 Å². The third kappa shape index (κ3) is 3.03. The first-order valence-electron chi connectivity index (χ1n) is 8.62. The monoisotopic (exact) mass is 390 g/mol. The molecule has 0 aliphatic carbocycles. The van der Waals surface area contributed by atoms with Gasteiger partial charge in [-0.25, -0.2) is 4.68 Å². The highest BCUT2D eigenvalue weighted by Crippen LogP contribution is 2.24. The minimum atomic E-state index is -0.0911. The molecule has 8 nitrogen and oxygen atoms in total. The van der Waals surface area contributed by atoms with Crippen LogP contribution in [0.3, 0.4) is 0 Å². The van der Waals surface area contributed by atoms with Crippen molar-refractivity contribution in [2.24, 2.45) is 0 Å². The van der Waals surface area contributed by atoms with E-state index in [0.717, 1.165) is 30.1 Å². The first kappa shape index (κ1) is 17.2. The van der Waals surface area contributed by atoms with Gasteiger partial charge in [-0.1, -0.05) is 23.0 Å². The average Bonchev–Trinajstić information content (AvgIpc) is 3.32. The standard InChI is InChI=1S/C16H18N6O2S2/c1-2-3-11-14(26-20-18-11)15(23)21-7-4-10(5-8-21)22-16(24)13-12(17-19-22)6-9-25-13/h6,9-10H,2-5,7-8H2,1H3. The van der Waals surface area contributed by atoms with Gasteiger partial charge in [0.15, 0.2) is 0 Å². The van der Waals surface area contributed by atoms with Crippen LogP contribution in [0.2, 0.25) is 0 Å². The van der Waals surface area contributed by atoms with Crippen LogP contribution in [-0.4, -0.2) is 48.5 Å². The third-order valence-corrected chi connectivity index (χ3v) is 6.28. The molecule has 3 aromatic rings. The maximum Gasteiger partial charge on any atom is 0.287 e. The number of amides is 1. The van der Waals surface area contributed by atoms with Gasteiger partial charge >= 0.3 is 0 Å². The zero-order valence-electron chi connectivity index (χ0n) is 14.3. The predicted molar refractivity (Wildman–Crippen MR) is 99.8 cm³/mol. The summed E-state index contributed by atoms with van der Waals surface area (Å²) in [7, 11) is 0. The first-order chi connectivity index (χ1) is 12.7. The molecule has 1 aliphatic rings. The van der Waals surface area contributed by atoms with Gasteiger partial charge in [-0.3, -0.25) is 9.59 Å². The van der Waals surface area contributed by atoms with Crippen LogP contribution < -0.4 is 5.56 Å². The molecule has 0 radical (unpaired) electrons. The smallest absolute Gasteiger partial charge is 0.287 e. The summed E-state index contributed by atoms with van der Waals surface area (Å²) < 4.78 is 6.06. The van der Waals surface area contributed by atoms with Crippen molar-refractivity contribution in [1.82, 2.24) is 29.5 Å². The van der Waals surface area contributed by atoms with Gasteiger partial charge in [-0.15, -0.1) is 21.5 Å². The van der Waals surface area contributed by atoms with Gasteiger partial charge in [0.2, 0.25) is 0 Å². The van der Waals surface area contributed by atoms with E-state index in [2.05, 4.69) is 26.8 Å². The van der Waals surface area contributed by atoms with Crippen molar-refractivity contribution < 1.29 is 4.79 Å². The van der Waals surface area contributed by atoms with Crippen molar-refractivity contribution in [1.29, 1.82) is 0 Å². The summed E-state index contributed by atoms with van der Waals surface area (Å²) in [5, 5.41) is 14.2.